The summed E-state index contributed by atoms with van der Waals surface area (Å²) in [5.74, 6) is -6.10. The number of carboxylic acid groups (broad SMARTS) is 1. The van der Waals surface area contributed by atoms with Gasteiger partial charge in [0.1, 0.15) is 17.1 Å². The van der Waals surface area contributed by atoms with Gasteiger partial charge in [-0.25, -0.2) is 14.5 Å². The van der Waals surface area contributed by atoms with Crippen LogP contribution < -0.4 is 19.7 Å². The van der Waals surface area contributed by atoms with Gasteiger partial charge in [0, 0.05) is 17.7 Å². The summed E-state index contributed by atoms with van der Waals surface area (Å²) in [6.07, 6.45) is 0. The third kappa shape index (κ3) is 4.20. The lowest BCUT2D eigenvalue weighted by molar-refractivity contribution is -0.149. The SMILES string of the molecule is COC(=O)c1c(OC)cc(OC)cc1C1NC(C(=O)O)(c2ccccc2)C2C(=O)N(c3ccc(C(C)=O)cc3)C(=O)C12. The Morgan fingerprint density at radius 1 is 0.905 bits per heavy atom. The van der Waals surface area contributed by atoms with E-state index in [1.165, 1.54) is 64.7 Å². The monoisotopic (exact) mass is 572 g/mol. The van der Waals surface area contributed by atoms with E-state index in [4.69, 9.17) is 14.2 Å². The maximum Gasteiger partial charge on any atom is 0.341 e. The average molecular weight is 573 g/mol. The molecule has 11 heteroatoms. The third-order valence-electron chi connectivity index (χ3n) is 7.94. The van der Waals surface area contributed by atoms with E-state index < -0.39 is 47.2 Å². The number of methoxy groups -OCH3 is 3. The zero-order valence-electron chi connectivity index (χ0n) is 23.2. The Bertz CT molecular complexity index is 1600. The molecule has 0 bridgehead atoms. The van der Waals surface area contributed by atoms with E-state index in [9.17, 15) is 29.1 Å². The molecule has 0 spiro atoms. The number of amides is 2. The molecule has 2 amide bonds. The van der Waals surface area contributed by atoms with Gasteiger partial charge in [-0.2, -0.15) is 0 Å². The number of nitrogens with one attached hydrogen (secondary N) is 1. The van der Waals surface area contributed by atoms with Crippen molar-refractivity contribution in [1.29, 1.82) is 0 Å². The molecule has 4 unspecified atom stereocenters. The number of carbonyl (C=O) groups is 5. The molecule has 3 aromatic rings. The second-order valence-electron chi connectivity index (χ2n) is 10.0. The molecular weight excluding hydrogens is 544 g/mol. The van der Waals surface area contributed by atoms with Gasteiger partial charge in [0.05, 0.1) is 38.9 Å². The Morgan fingerprint density at radius 3 is 2.12 bits per heavy atom. The number of carboxylic acids is 1. The Balaban J connectivity index is 1.77. The van der Waals surface area contributed by atoms with E-state index in [-0.39, 0.29) is 39.7 Å². The largest absolute Gasteiger partial charge is 0.497 e. The summed E-state index contributed by atoms with van der Waals surface area (Å²) in [5.41, 5.74) is -1.11. The molecule has 42 heavy (non-hydrogen) atoms. The first-order valence-corrected chi connectivity index (χ1v) is 13.0. The second-order valence-corrected chi connectivity index (χ2v) is 10.0. The Labute approximate surface area is 241 Å². The van der Waals surface area contributed by atoms with Crippen molar-refractivity contribution >= 4 is 35.2 Å². The average Bonchev–Trinajstić information content (AvgIpc) is 3.50. The number of ether oxygens (including phenoxy) is 3. The summed E-state index contributed by atoms with van der Waals surface area (Å²) < 4.78 is 15.9. The fourth-order valence-corrected chi connectivity index (χ4v) is 6.02. The van der Waals surface area contributed by atoms with E-state index in [1.807, 2.05) is 0 Å². The number of anilines is 1. The molecule has 4 atom stereocenters. The lowest BCUT2D eigenvalue weighted by Gasteiger charge is -2.32. The van der Waals surface area contributed by atoms with Crippen LogP contribution in [0.3, 0.4) is 0 Å². The normalized spacial score (nSPS) is 23.0. The number of fused-ring (bicyclic) bond motifs is 1. The van der Waals surface area contributed by atoms with Crippen LogP contribution in [-0.4, -0.2) is 56.0 Å². The highest BCUT2D eigenvalue weighted by Gasteiger charge is 2.69. The highest BCUT2D eigenvalue weighted by atomic mass is 16.5. The Hall–Kier alpha value is -5.03. The maximum absolute atomic E-state index is 14.2. The van der Waals surface area contributed by atoms with Crippen molar-refractivity contribution in [3.63, 3.8) is 0 Å². The minimum absolute atomic E-state index is 0.0455. The van der Waals surface area contributed by atoms with Crippen LogP contribution in [0.15, 0.2) is 66.7 Å². The lowest BCUT2D eigenvalue weighted by Crippen LogP contribution is -2.53. The van der Waals surface area contributed by atoms with Crippen molar-refractivity contribution in [3.8, 4) is 11.5 Å². The molecular formula is C31H28N2O9. The molecule has 2 aliphatic rings. The number of nitrogens with zero attached hydrogens (tertiary/aromatic N) is 1. The molecule has 0 aromatic heterocycles. The van der Waals surface area contributed by atoms with Gasteiger partial charge in [-0.15, -0.1) is 0 Å². The van der Waals surface area contributed by atoms with Gasteiger partial charge in [0.2, 0.25) is 11.8 Å². The first-order valence-electron chi connectivity index (χ1n) is 13.0. The summed E-state index contributed by atoms with van der Waals surface area (Å²) in [4.78, 5) is 67.5. The molecule has 2 heterocycles. The Kier molecular flexibility index (Phi) is 7.29. The number of rotatable bonds is 8. The maximum atomic E-state index is 14.2. The molecule has 216 valence electrons. The highest BCUT2D eigenvalue weighted by molar-refractivity contribution is 6.24. The summed E-state index contributed by atoms with van der Waals surface area (Å²) >= 11 is 0. The summed E-state index contributed by atoms with van der Waals surface area (Å²) in [5, 5.41) is 13.9. The van der Waals surface area contributed by atoms with Gasteiger partial charge in [-0.3, -0.25) is 19.7 Å². The molecule has 2 saturated heterocycles. The number of Topliss-reactive ketones (excluding diaryl/α,β-unsaturated/α-hetero) is 1. The number of hydrogen-bond acceptors (Lipinski definition) is 9. The number of ketones is 1. The minimum atomic E-state index is -2.05. The zero-order chi connectivity index (χ0) is 30.3. The number of benzene rings is 3. The van der Waals surface area contributed by atoms with Gasteiger partial charge in [-0.05, 0) is 48.4 Å². The van der Waals surface area contributed by atoms with Crippen LogP contribution in [0.25, 0.3) is 0 Å². The molecule has 11 nitrogen and oxygen atoms in total. The van der Waals surface area contributed by atoms with Gasteiger partial charge in [-0.1, -0.05) is 30.3 Å². The standard InChI is InChI=1S/C31H28N2O9/c1-16(34)17-10-12-19(13-11-17)33-27(35)24-25(28(33)36)31(30(38)39,18-8-6-5-7-9-18)32-26(24)21-14-20(40-2)15-22(41-3)23(21)29(37)42-4/h5-15,24-26,32H,1-4H3,(H,38,39). The van der Waals surface area contributed by atoms with Gasteiger partial charge < -0.3 is 19.3 Å². The van der Waals surface area contributed by atoms with Gasteiger partial charge in [0.25, 0.3) is 0 Å². The second kappa shape index (κ2) is 10.7. The van der Waals surface area contributed by atoms with Crippen LogP contribution in [0.5, 0.6) is 11.5 Å². The number of imide groups is 1. The molecule has 3 aromatic carbocycles. The number of aliphatic carboxylic acids is 1. The van der Waals surface area contributed by atoms with E-state index >= 15 is 0 Å². The lowest BCUT2D eigenvalue weighted by atomic mass is 9.75. The number of hydrogen-bond donors (Lipinski definition) is 2. The zero-order valence-corrected chi connectivity index (χ0v) is 23.2. The van der Waals surface area contributed by atoms with Crippen molar-refractivity contribution < 1.29 is 43.3 Å². The molecule has 5 rings (SSSR count). The minimum Gasteiger partial charge on any atom is -0.497 e. The van der Waals surface area contributed by atoms with Crippen LogP contribution >= 0.6 is 0 Å². The summed E-state index contributed by atoms with van der Waals surface area (Å²) in [6, 6.07) is 15.8. The smallest absolute Gasteiger partial charge is 0.341 e. The predicted octanol–water partition coefficient (Wildman–Crippen LogP) is 3.12. The fraction of sp³-hybridized carbons (Fsp3) is 0.258. The van der Waals surface area contributed by atoms with Gasteiger partial charge in [0.15, 0.2) is 11.3 Å². The van der Waals surface area contributed by atoms with E-state index in [0.29, 0.717) is 5.56 Å². The highest BCUT2D eigenvalue weighted by Crippen LogP contribution is 2.55. The van der Waals surface area contributed by atoms with Crippen LogP contribution in [0.2, 0.25) is 0 Å². The van der Waals surface area contributed by atoms with Crippen LogP contribution in [-0.2, 0) is 24.7 Å². The van der Waals surface area contributed by atoms with E-state index in [2.05, 4.69) is 5.32 Å². The third-order valence-corrected chi connectivity index (χ3v) is 7.94. The number of carbonyl (C=O) groups excluding carboxylic acids is 4. The van der Waals surface area contributed by atoms with Crippen molar-refractivity contribution in [2.45, 2.75) is 18.5 Å². The first-order chi connectivity index (χ1) is 20.1. The molecule has 0 aliphatic carbocycles. The summed E-state index contributed by atoms with van der Waals surface area (Å²) in [7, 11) is 3.93. The summed E-state index contributed by atoms with van der Waals surface area (Å²) in [6.45, 7) is 1.39. The van der Waals surface area contributed by atoms with E-state index in [1.54, 1.807) is 30.3 Å². The van der Waals surface area contributed by atoms with Crippen molar-refractivity contribution in [3.05, 3.63) is 89.0 Å². The van der Waals surface area contributed by atoms with E-state index in [0.717, 1.165) is 4.90 Å². The number of esters is 1. The quantitative estimate of drug-likeness (QED) is 0.234. The molecule has 0 radical (unpaired) electrons. The van der Waals surface area contributed by atoms with Crippen LogP contribution in [0, 0.1) is 11.8 Å². The van der Waals surface area contributed by atoms with Gasteiger partial charge >= 0.3 is 11.9 Å². The molecule has 0 saturated carbocycles. The molecule has 2 fully saturated rings. The molecule has 2 aliphatic heterocycles. The fourth-order valence-electron chi connectivity index (χ4n) is 6.02. The first kappa shape index (κ1) is 28.5. The van der Waals surface area contributed by atoms with Crippen molar-refractivity contribution in [1.82, 2.24) is 5.32 Å². The van der Waals surface area contributed by atoms with Crippen molar-refractivity contribution in [2.24, 2.45) is 11.8 Å². The van der Waals surface area contributed by atoms with Crippen LogP contribution in [0.4, 0.5) is 5.69 Å². The van der Waals surface area contributed by atoms with Crippen LogP contribution in [0.1, 0.15) is 44.8 Å². The molecule has 2 N–H and O–H groups in total. The van der Waals surface area contributed by atoms with Crippen molar-refractivity contribution in [2.75, 3.05) is 26.2 Å². The Morgan fingerprint density at radius 2 is 1.57 bits per heavy atom. The predicted molar refractivity (Wildman–Crippen MR) is 148 cm³/mol. The topological polar surface area (TPSA) is 149 Å².